The van der Waals surface area contributed by atoms with Crippen molar-refractivity contribution in [2.24, 2.45) is 0 Å². The molecule has 0 unspecified atom stereocenters. The Balaban J connectivity index is 1.81. The Labute approximate surface area is 160 Å². The van der Waals surface area contributed by atoms with Crippen molar-refractivity contribution in [1.29, 1.82) is 0 Å². The standard InChI is InChI=1S/C20H25N3O3S/c1-3-16-7-4-5-10-19(16)21-20(24)17-8-6-9-18(15-17)27(25,26)23-13-11-22(2)12-14-23/h4-10,15H,3,11-14H2,1-2H3,(H,21,24). The molecule has 6 nitrogen and oxygen atoms in total. The average Bonchev–Trinajstić information content (AvgIpc) is 2.69. The summed E-state index contributed by atoms with van der Waals surface area (Å²) >= 11 is 0. The molecular weight excluding hydrogens is 362 g/mol. The Morgan fingerprint density at radius 1 is 1.04 bits per heavy atom. The quantitative estimate of drug-likeness (QED) is 0.856. The number of para-hydroxylation sites is 1. The second-order valence-electron chi connectivity index (χ2n) is 6.70. The third-order valence-corrected chi connectivity index (χ3v) is 6.74. The summed E-state index contributed by atoms with van der Waals surface area (Å²) in [5.74, 6) is -0.314. The molecule has 1 heterocycles. The molecule has 0 atom stereocenters. The predicted molar refractivity (Wildman–Crippen MR) is 106 cm³/mol. The number of piperazine rings is 1. The lowest BCUT2D eigenvalue weighted by Crippen LogP contribution is -2.47. The Hall–Kier alpha value is -2.22. The fourth-order valence-corrected chi connectivity index (χ4v) is 4.59. The van der Waals surface area contributed by atoms with Crippen LogP contribution in [0.25, 0.3) is 0 Å². The van der Waals surface area contributed by atoms with Crippen LogP contribution in [0.15, 0.2) is 53.4 Å². The van der Waals surface area contributed by atoms with Gasteiger partial charge in [0.25, 0.3) is 5.91 Å². The Morgan fingerprint density at radius 2 is 1.74 bits per heavy atom. The zero-order valence-electron chi connectivity index (χ0n) is 15.7. The number of anilines is 1. The lowest BCUT2D eigenvalue weighted by Gasteiger charge is -2.31. The minimum atomic E-state index is -3.60. The van der Waals surface area contributed by atoms with E-state index in [1.165, 1.54) is 10.4 Å². The van der Waals surface area contributed by atoms with E-state index < -0.39 is 10.0 Å². The highest BCUT2D eigenvalue weighted by Gasteiger charge is 2.28. The molecule has 27 heavy (non-hydrogen) atoms. The van der Waals surface area contributed by atoms with Crippen molar-refractivity contribution in [2.75, 3.05) is 38.5 Å². The van der Waals surface area contributed by atoms with Crippen molar-refractivity contribution in [3.05, 3.63) is 59.7 Å². The molecule has 0 radical (unpaired) electrons. The van der Waals surface area contributed by atoms with Crippen LogP contribution < -0.4 is 5.32 Å². The summed E-state index contributed by atoms with van der Waals surface area (Å²) in [5, 5.41) is 2.89. The number of hydrogen-bond acceptors (Lipinski definition) is 4. The Morgan fingerprint density at radius 3 is 2.44 bits per heavy atom. The van der Waals surface area contributed by atoms with Crippen LogP contribution in [0.2, 0.25) is 0 Å². The van der Waals surface area contributed by atoms with Crippen LogP contribution in [0.1, 0.15) is 22.8 Å². The van der Waals surface area contributed by atoms with Crippen molar-refractivity contribution >= 4 is 21.6 Å². The second kappa shape index (κ2) is 8.21. The van der Waals surface area contributed by atoms with Gasteiger partial charge in [0.2, 0.25) is 10.0 Å². The van der Waals surface area contributed by atoms with Gasteiger partial charge in [-0.05, 0) is 43.3 Å². The molecule has 144 valence electrons. The molecular formula is C20H25N3O3S. The number of nitrogens with one attached hydrogen (secondary N) is 1. The fourth-order valence-electron chi connectivity index (χ4n) is 3.12. The predicted octanol–water partition coefficient (Wildman–Crippen LogP) is 2.44. The summed E-state index contributed by atoms with van der Waals surface area (Å²) in [6.45, 7) is 4.34. The van der Waals surface area contributed by atoms with Gasteiger partial charge in [-0.1, -0.05) is 31.2 Å². The number of rotatable bonds is 5. The highest BCUT2D eigenvalue weighted by Crippen LogP contribution is 2.21. The maximum Gasteiger partial charge on any atom is 0.255 e. The molecule has 3 rings (SSSR count). The van der Waals surface area contributed by atoms with Gasteiger partial charge < -0.3 is 10.2 Å². The van der Waals surface area contributed by atoms with Gasteiger partial charge in [0.15, 0.2) is 0 Å². The van der Waals surface area contributed by atoms with Gasteiger partial charge in [-0.3, -0.25) is 4.79 Å². The molecule has 2 aromatic rings. The smallest absolute Gasteiger partial charge is 0.255 e. The molecule has 0 aromatic heterocycles. The molecule has 1 aliphatic rings. The highest BCUT2D eigenvalue weighted by molar-refractivity contribution is 7.89. The lowest BCUT2D eigenvalue weighted by atomic mass is 10.1. The van der Waals surface area contributed by atoms with Crippen LogP contribution in [-0.4, -0.2) is 56.8 Å². The molecule has 0 spiro atoms. The van der Waals surface area contributed by atoms with Crippen molar-refractivity contribution < 1.29 is 13.2 Å². The number of carbonyl (C=O) groups is 1. The van der Waals surface area contributed by atoms with Gasteiger partial charge in [-0.15, -0.1) is 0 Å². The lowest BCUT2D eigenvalue weighted by molar-refractivity contribution is 0.102. The molecule has 1 N–H and O–H groups in total. The van der Waals surface area contributed by atoms with Crippen molar-refractivity contribution in [2.45, 2.75) is 18.2 Å². The first-order valence-electron chi connectivity index (χ1n) is 9.10. The Bertz CT molecular complexity index is 920. The average molecular weight is 388 g/mol. The van der Waals surface area contributed by atoms with Crippen molar-refractivity contribution in [1.82, 2.24) is 9.21 Å². The number of benzene rings is 2. The first-order chi connectivity index (χ1) is 12.9. The summed E-state index contributed by atoms with van der Waals surface area (Å²) in [6.07, 6.45) is 0.800. The summed E-state index contributed by atoms with van der Waals surface area (Å²) in [7, 11) is -1.63. The summed E-state index contributed by atoms with van der Waals surface area (Å²) in [4.78, 5) is 14.9. The molecule has 2 aromatic carbocycles. The van der Waals surface area contributed by atoms with Crippen LogP contribution >= 0.6 is 0 Å². The number of aryl methyl sites for hydroxylation is 1. The molecule has 1 fully saturated rings. The highest BCUT2D eigenvalue weighted by atomic mass is 32.2. The maximum absolute atomic E-state index is 12.9. The van der Waals surface area contributed by atoms with Gasteiger partial charge in [-0.25, -0.2) is 8.42 Å². The topological polar surface area (TPSA) is 69.7 Å². The molecule has 0 aliphatic carbocycles. The van der Waals surface area contributed by atoms with Crippen LogP contribution in [-0.2, 0) is 16.4 Å². The van der Waals surface area contributed by atoms with Gasteiger partial charge in [0.1, 0.15) is 0 Å². The zero-order chi connectivity index (χ0) is 19.4. The van der Waals surface area contributed by atoms with E-state index in [4.69, 9.17) is 0 Å². The normalized spacial score (nSPS) is 16.2. The van der Waals surface area contributed by atoms with E-state index in [2.05, 4.69) is 10.2 Å². The van der Waals surface area contributed by atoms with Crippen molar-refractivity contribution in [3.8, 4) is 0 Å². The fraction of sp³-hybridized carbons (Fsp3) is 0.350. The molecule has 1 amide bonds. The van der Waals surface area contributed by atoms with E-state index in [1.807, 2.05) is 38.2 Å². The van der Waals surface area contributed by atoms with E-state index in [-0.39, 0.29) is 10.8 Å². The molecule has 1 aliphatic heterocycles. The summed E-state index contributed by atoms with van der Waals surface area (Å²) in [5.41, 5.74) is 2.11. The first kappa shape index (κ1) is 19.5. The van der Waals surface area contributed by atoms with Crippen LogP contribution in [0.5, 0.6) is 0 Å². The molecule has 0 saturated carbocycles. The maximum atomic E-state index is 12.9. The first-order valence-corrected chi connectivity index (χ1v) is 10.5. The number of nitrogens with zero attached hydrogens (tertiary/aromatic N) is 2. The van der Waals surface area contributed by atoms with Crippen LogP contribution in [0.3, 0.4) is 0 Å². The van der Waals surface area contributed by atoms with Crippen LogP contribution in [0.4, 0.5) is 5.69 Å². The number of likely N-dealkylation sites (N-methyl/N-ethyl adjacent to an activating group) is 1. The van der Waals surface area contributed by atoms with Crippen molar-refractivity contribution in [3.63, 3.8) is 0 Å². The van der Waals surface area contributed by atoms with Crippen LogP contribution in [0, 0.1) is 0 Å². The van der Waals surface area contributed by atoms with Gasteiger partial charge in [-0.2, -0.15) is 4.31 Å². The third-order valence-electron chi connectivity index (χ3n) is 4.84. The number of carbonyl (C=O) groups excluding carboxylic acids is 1. The minimum Gasteiger partial charge on any atom is -0.322 e. The van der Waals surface area contributed by atoms with Gasteiger partial charge >= 0.3 is 0 Å². The second-order valence-corrected chi connectivity index (χ2v) is 8.64. The third kappa shape index (κ3) is 4.37. The SMILES string of the molecule is CCc1ccccc1NC(=O)c1cccc(S(=O)(=O)N2CCN(C)CC2)c1. The molecule has 0 bridgehead atoms. The zero-order valence-corrected chi connectivity index (χ0v) is 16.5. The van der Waals surface area contributed by atoms with E-state index in [9.17, 15) is 13.2 Å². The largest absolute Gasteiger partial charge is 0.322 e. The van der Waals surface area contributed by atoms with Gasteiger partial charge in [0, 0.05) is 37.4 Å². The summed E-state index contributed by atoms with van der Waals surface area (Å²) < 4.78 is 27.3. The minimum absolute atomic E-state index is 0.156. The van der Waals surface area contributed by atoms with E-state index in [0.29, 0.717) is 31.7 Å². The number of amides is 1. The van der Waals surface area contributed by atoms with E-state index >= 15 is 0 Å². The Kier molecular flexibility index (Phi) is 5.94. The number of hydrogen-bond donors (Lipinski definition) is 1. The van der Waals surface area contributed by atoms with E-state index in [0.717, 1.165) is 17.7 Å². The monoisotopic (exact) mass is 387 g/mol. The molecule has 7 heteroatoms. The summed E-state index contributed by atoms with van der Waals surface area (Å²) in [6, 6.07) is 13.9. The molecule has 1 saturated heterocycles. The number of sulfonamides is 1. The van der Waals surface area contributed by atoms with E-state index in [1.54, 1.807) is 18.2 Å². The van der Waals surface area contributed by atoms with Gasteiger partial charge in [0.05, 0.1) is 4.90 Å².